The van der Waals surface area contributed by atoms with E-state index in [1.54, 1.807) is 0 Å². The largest absolute Gasteiger partial charge is 0.394 e. The van der Waals surface area contributed by atoms with Gasteiger partial charge in [-0.1, -0.05) is 25.5 Å². The summed E-state index contributed by atoms with van der Waals surface area (Å²) in [7, 11) is 0. The van der Waals surface area contributed by atoms with Crippen LogP contribution in [0.15, 0.2) is 24.3 Å². The van der Waals surface area contributed by atoms with Gasteiger partial charge in [-0.05, 0) is 56.2 Å². The van der Waals surface area contributed by atoms with Crippen molar-refractivity contribution in [2.75, 3.05) is 11.9 Å². The van der Waals surface area contributed by atoms with Crippen LogP contribution in [0.5, 0.6) is 0 Å². The molecule has 18 heavy (non-hydrogen) atoms. The average Bonchev–Trinajstić information content (AvgIpc) is 2.39. The summed E-state index contributed by atoms with van der Waals surface area (Å²) in [5.41, 5.74) is 2.30. The van der Waals surface area contributed by atoms with Crippen LogP contribution in [0.4, 0.5) is 5.69 Å². The second-order valence-electron chi connectivity index (χ2n) is 5.78. The van der Waals surface area contributed by atoms with Gasteiger partial charge >= 0.3 is 0 Å². The standard InChI is InChI=1S/C16H25NO/c1-3-14-7-9-16(12-18,10-8-14)17-15-6-4-5-13(2)11-15/h4-6,11,14,17-18H,3,7-10,12H2,1-2H3. The van der Waals surface area contributed by atoms with Crippen LogP contribution in [0.25, 0.3) is 0 Å². The van der Waals surface area contributed by atoms with E-state index in [1.807, 2.05) is 0 Å². The molecule has 0 amide bonds. The minimum atomic E-state index is -0.0978. The second kappa shape index (κ2) is 5.75. The molecular weight excluding hydrogens is 222 g/mol. The van der Waals surface area contributed by atoms with Crippen molar-refractivity contribution < 1.29 is 5.11 Å². The predicted octanol–water partition coefficient (Wildman–Crippen LogP) is 3.74. The Bertz CT molecular complexity index is 380. The van der Waals surface area contributed by atoms with Crippen LogP contribution in [-0.2, 0) is 0 Å². The summed E-state index contributed by atoms with van der Waals surface area (Å²) < 4.78 is 0. The van der Waals surface area contributed by atoms with Crippen molar-refractivity contribution in [2.24, 2.45) is 5.92 Å². The van der Waals surface area contributed by atoms with Crippen molar-refractivity contribution in [1.29, 1.82) is 0 Å². The highest BCUT2D eigenvalue weighted by atomic mass is 16.3. The van der Waals surface area contributed by atoms with E-state index >= 15 is 0 Å². The van der Waals surface area contributed by atoms with Gasteiger partial charge in [-0.15, -0.1) is 0 Å². The molecule has 0 bridgehead atoms. The van der Waals surface area contributed by atoms with Gasteiger partial charge in [0, 0.05) is 5.69 Å². The molecule has 0 radical (unpaired) electrons. The Kier molecular flexibility index (Phi) is 4.28. The van der Waals surface area contributed by atoms with Gasteiger partial charge in [-0.25, -0.2) is 0 Å². The van der Waals surface area contributed by atoms with Crippen LogP contribution >= 0.6 is 0 Å². The summed E-state index contributed by atoms with van der Waals surface area (Å²) in [6.07, 6.45) is 5.89. The van der Waals surface area contributed by atoms with Gasteiger partial charge in [0.25, 0.3) is 0 Å². The number of hydrogen-bond acceptors (Lipinski definition) is 2. The maximum Gasteiger partial charge on any atom is 0.0661 e. The molecule has 0 spiro atoms. The molecule has 1 fully saturated rings. The molecule has 2 nitrogen and oxygen atoms in total. The van der Waals surface area contributed by atoms with Gasteiger partial charge in [0.1, 0.15) is 0 Å². The second-order valence-corrected chi connectivity index (χ2v) is 5.78. The zero-order valence-electron chi connectivity index (χ0n) is 11.6. The first-order chi connectivity index (χ1) is 8.67. The summed E-state index contributed by atoms with van der Waals surface area (Å²) in [4.78, 5) is 0. The number of aryl methyl sites for hydroxylation is 1. The van der Waals surface area contributed by atoms with E-state index in [2.05, 4.69) is 43.4 Å². The first kappa shape index (κ1) is 13.4. The molecule has 2 N–H and O–H groups in total. The molecule has 1 saturated carbocycles. The summed E-state index contributed by atoms with van der Waals surface area (Å²) >= 11 is 0. The Morgan fingerprint density at radius 3 is 2.61 bits per heavy atom. The fourth-order valence-electron chi connectivity index (χ4n) is 2.99. The SMILES string of the molecule is CCC1CCC(CO)(Nc2cccc(C)c2)CC1. The lowest BCUT2D eigenvalue weighted by atomic mass is 9.76. The Balaban J connectivity index is 2.05. The van der Waals surface area contributed by atoms with Crippen LogP contribution in [-0.4, -0.2) is 17.3 Å². The van der Waals surface area contributed by atoms with Crippen molar-refractivity contribution >= 4 is 5.69 Å². The predicted molar refractivity (Wildman–Crippen MR) is 76.9 cm³/mol. The highest BCUT2D eigenvalue weighted by Crippen LogP contribution is 2.35. The molecule has 0 unspecified atom stereocenters. The summed E-state index contributed by atoms with van der Waals surface area (Å²) in [5, 5.41) is 13.3. The maximum atomic E-state index is 9.77. The van der Waals surface area contributed by atoms with Crippen LogP contribution < -0.4 is 5.32 Å². The molecule has 100 valence electrons. The molecular formula is C16H25NO. The monoisotopic (exact) mass is 247 g/mol. The van der Waals surface area contributed by atoms with Crippen LogP contribution in [0, 0.1) is 12.8 Å². The van der Waals surface area contributed by atoms with Gasteiger partial charge in [0.05, 0.1) is 12.1 Å². The topological polar surface area (TPSA) is 32.3 Å². The van der Waals surface area contributed by atoms with Crippen molar-refractivity contribution in [3.8, 4) is 0 Å². The normalized spacial score (nSPS) is 28.1. The highest BCUT2D eigenvalue weighted by Gasteiger charge is 2.34. The first-order valence-electron chi connectivity index (χ1n) is 7.13. The van der Waals surface area contributed by atoms with Crippen LogP contribution in [0.2, 0.25) is 0 Å². The smallest absolute Gasteiger partial charge is 0.0661 e. The van der Waals surface area contributed by atoms with Crippen molar-refractivity contribution in [2.45, 2.75) is 51.5 Å². The summed E-state index contributed by atoms with van der Waals surface area (Å²) in [5.74, 6) is 0.851. The number of aliphatic hydroxyl groups excluding tert-OH is 1. The molecule has 1 aliphatic rings. The van der Waals surface area contributed by atoms with Crippen molar-refractivity contribution in [1.82, 2.24) is 0 Å². The Hall–Kier alpha value is -1.02. The van der Waals surface area contributed by atoms with Gasteiger partial charge in [0.2, 0.25) is 0 Å². The Morgan fingerprint density at radius 2 is 2.06 bits per heavy atom. The van der Waals surface area contributed by atoms with E-state index in [4.69, 9.17) is 0 Å². The fraction of sp³-hybridized carbons (Fsp3) is 0.625. The van der Waals surface area contributed by atoms with Crippen LogP contribution in [0.3, 0.4) is 0 Å². The van der Waals surface area contributed by atoms with Crippen molar-refractivity contribution in [3.63, 3.8) is 0 Å². The van der Waals surface area contributed by atoms with E-state index in [-0.39, 0.29) is 12.1 Å². The van der Waals surface area contributed by atoms with Gasteiger partial charge in [-0.3, -0.25) is 0 Å². The molecule has 2 rings (SSSR count). The van der Waals surface area contributed by atoms with E-state index in [1.165, 1.54) is 24.8 Å². The molecule has 2 heteroatoms. The average molecular weight is 247 g/mol. The van der Waals surface area contributed by atoms with E-state index in [9.17, 15) is 5.11 Å². The number of hydrogen-bond donors (Lipinski definition) is 2. The van der Waals surface area contributed by atoms with E-state index < -0.39 is 0 Å². The fourth-order valence-corrected chi connectivity index (χ4v) is 2.99. The Morgan fingerprint density at radius 1 is 1.33 bits per heavy atom. The van der Waals surface area contributed by atoms with Crippen LogP contribution in [0.1, 0.15) is 44.6 Å². The number of benzene rings is 1. The number of rotatable bonds is 4. The molecule has 0 aromatic heterocycles. The van der Waals surface area contributed by atoms with E-state index in [0.29, 0.717) is 0 Å². The number of nitrogens with one attached hydrogen (secondary N) is 1. The zero-order chi connectivity index (χ0) is 13.0. The quantitative estimate of drug-likeness (QED) is 0.849. The summed E-state index contributed by atoms with van der Waals surface area (Å²) in [6.45, 7) is 4.60. The minimum Gasteiger partial charge on any atom is -0.394 e. The lowest BCUT2D eigenvalue weighted by Crippen LogP contribution is -2.45. The molecule has 1 aromatic carbocycles. The van der Waals surface area contributed by atoms with Gasteiger partial charge in [0.15, 0.2) is 0 Å². The first-order valence-corrected chi connectivity index (χ1v) is 7.13. The molecule has 0 heterocycles. The molecule has 0 saturated heterocycles. The lowest BCUT2D eigenvalue weighted by Gasteiger charge is -2.40. The zero-order valence-corrected chi connectivity index (χ0v) is 11.6. The number of aliphatic hydroxyl groups is 1. The third kappa shape index (κ3) is 3.05. The van der Waals surface area contributed by atoms with Gasteiger partial charge < -0.3 is 10.4 Å². The lowest BCUT2D eigenvalue weighted by molar-refractivity contribution is 0.150. The third-order valence-corrected chi connectivity index (χ3v) is 4.37. The highest BCUT2D eigenvalue weighted by molar-refractivity contribution is 5.47. The Labute approximate surface area is 110 Å². The molecule has 0 atom stereocenters. The molecule has 1 aliphatic carbocycles. The van der Waals surface area contributed by atoms with E-state index in [0.717, 1.165) is 24.4 Å². The minimum absolute atomic E-state index is 0.0978. The third-order valence-electron chi connectivity index (χ3n) is 4.37. The number of anilines is 1. The molecule has 1 aromatic rings. The molecule has 0 aliphatic heterocycles. The van der Waals surface area contributed by atoms with Crippen molar-refractivity contribution in [3.05, 3.63) is 29.8 Å². The summed E-state index contributed by atoms with van der Waals surface area (Å²) in [6, 6.07) is 8.42. The maximum absolute atomic E-state index is 9.77. The van der Waals surface area contributed by atoms with Gasteiger partial charge in [-0.2, -0.15) is 0 Å².